The molecule has 5 aromatic heterocycles. The van der Waals surface area contributed by atoms with Crippen LogP contribution >= 0.6 is 11.6 Å². The van der Waals surface area contributed by atoms with Gasteiger partial charge in [0.1, 0.15) is 28.4 Å². The summed E-state index contributed by atoms with van der Waals surface area (Å²) in [5.74, 6) is 1.32. The number of fused-ring (bicyclic) bond motifs is 1. The highest BCUT2D eigenvalue weighted by molar-refractivity contribution is 6.35. The van der Waals surface area contributed by atoms with E-state index in [0.717, 1.165) is 5.69 Å². The molecule has 170 valence electrons. The normalized spacial score (nSPS) is 12.0. The van der Waals surface area contributed by atoms with Crippen LogP contribution in [-0.2, 0) is 0 Å². The van der Waals surface area contributed by atoms with E-state index >= 15 is 0 Å². The Bertz CT molecular complexity index is 1480. The predicted octanol–water partition coefficient (Wildman–Crippen LogP) is 3.39. The van der Waals surface area contributed by atoms with Crippen molar-refractivity contribution < 1.29 is 9.32 Å². The molecular weight excluding hydrogens is 460 g/mol. The summed E-state index contributed by atoms with van der Waals surface area (Å²) in [6.45, 7) is 3.54. The Morgan fingerprint density at radius 2 is 2.00 bits per heavy atom. The molecule has 0 aliphatic heterocycles. The molecule has 12 nitrogen and oxygen atoms in total. The zero-order valence-electron chi connectivity index (χ0n) is 17.9. The lowest BCUT2D eigenvalue weighted by Gasteiger charge is -2.12. The van der Waals surface area contributed by atoms with Crippen molar-refractivity contribution in [1.29, 1.82) is 0 Å². The Labute approximate surface area is 197 Å². The molecule has 0 aliphatic rings. The van der Waals surface area contributed by atoms with Crippen molar-refractivity contribution >= 4 is 40.2 Å². The van der Waals surface area contributed by atoms with Crippen molar-refractivity contribution in [3.05, 3.63) is 65.4 Å². The Kier molecular flexibility index (Phi) is 5.55. The van der Waals surface area contributed by atoms with Crippen molar-refractivity contribution in [3.63, 3.8) is 0 Å². The molecule has 0 spiro atoms. The number of rotatable bonds is 6. The van der Waals surface area contributed by atoms with Crippen LogP contribution in [0, 0.1) is 6.92 Å². The van der Waals surface area contributed by atoms with Crippen LogP contribution in [0.5, 0.6) is 0 Å². The smallest absolute Gasteiger partial charge is 0.272 e. The lowest BCUT2D eigenvalue weighted by Crippen LogP contribution is -2.27. The fourth-order valence-electron chi connectivity index (χ4n) is 3.14. The first kappa shape index (κ1) is 21.4. The van der Waals surface area contributed by atoms with Crippen molar-refractivity contribution in [3.8, 4) is 11.5 Å². The van der Waals surface area contributed by atoms with E-state index in [1.165, 1.54) is 6.33 Å². The predicted molar refractivity (Wildman–Crippen MR) is 122 cm³/mol. The first-order chi connectivity index (χ1) is 16.5. The van der Waals surface area contributed by atoms with Crippen molar-refractivity contribution in [1.82, 2.24) is 45.4 Å². The summed E-state index contributed by atoms with van der Waals surface area (Å²) in [6.07, 6.45) is 6.16. The molecular formula is C21H17ClN10O2. The molecule has 0 radical (unpaired) electrons. The van der Waals surface area contributed by atoms with Gasteiger partial charge in [-0.2, -0.15) is 0 Å². The van der Waals surface area contributed by atoms with Gasteiger partial charge in [-0.05, 0) is 26.0 Å². The Hall–Kier alpha value is -4.45. The Morgan fingerprint density at radius 3 is 2.82 bits per heavy atom. The molecule has 5 heterocycles. The van der Waals surface area contributed by atoms with E-state index in [2.05, 4.69) is 50.7 Å². The summed E-state index contributed by atoms with van der Waals surface area (Å²) in [5, 5.41) is 9.97. The lowest BCUT2D eigenvalue weighted by atomic mass is 10.2. The largest absolute Gasteiger partial charge is 0.358 e. The molecule has 0 saturated heterocycles. The van der Waals surface area contributed by atoms with Gasteiger partial charge in [-0.1, -0.05) is 16.8 Å². The Morgan fingerprint density at radius 1 is 1.18 bits per heavy atom. The molecule has 0 aromatic carbocycles. The summed E-state index contributed by atoms with van der Waals surface area (Å²) >= 11 is 6.39. The second-order valence-electron chi connectivity index (χ2n) is 7.30. The minimum atomic E-state index is -0.525. The quantitative estimate of drug-likeness (QED) is 0.331. The standard InChI is InChI=1S/C21H17ClN10O2/c1-10(15-7-13(32-34-15)18-30-14-8-24-11(2)28-19(14)31-18)27-21(33)17-16(22)20(26-9-25-17)29-12-3-5-23-6-4-12/h3-10H,1-2H3,(H,27,33)(H,23,25,26,29)(H,24,28,30,31). The van der Waals surface area contributed by atoms with E-state index in [0.29, 0.717) is 40.1 Å². The monoisotopic (exact) mass is 476 g/mol. The summed E-state index contributed by atoms with van der Waals surface area (Å²) < 4.78 is 5.43. The third-order valence-electron chi connectivity index (χ3n) is 4.85. The first-order valence-corrected chi connectivity index (χ1v) is 10.5. The fraction of sp³-hybridized carbons (Fsp3) is 0.143. The van der Waals surface area contributed by atoms with E-state index in [1.54, 1.807) is 50.6 Å². The number of hydrogen-bond donors (Lipinski definition) is 3. The zero-order valence-corrected chi connectivity index (χ0v) is 18.7. The third-order valence-corrected chi connectivity index (χ3v) is 5.21. The van der Waals surface area contributed by atoms with E-state index in [9.17, 15) is 4.79 Å². The van der Waals surface area contributed by atoms with Crippen LogP contribution in [0.4, 0.5) is 11.5 Å². The highest BCUT2D eigenvalue weighted by atomic mass is 35.5. The van der Waals surface area contributed by atoms with Gasteiger partial charge >= 0.3 is 0 Å². The summed E-state index contributed by atoms with van der Waals surface area (Å²) in [7, 11) is 0. The number of imidazole rings is 1. The van der Waals surface area contributed by atoms with Crippen LogP contribution in [0.25, 0.3) is 22.7 Å². The number of amides is 1. The topological polar surface area (TPSA) is 160 Å². The van der Waals surface area contributed by atoms with E-state index in [-0.39, 0.29) is 10.7 Å². The minimum Gasteiger partial charge on any atom is -0.358 e. The highest BCUT2D eigenvalue weighted by Crippen LogP contribution is 2.26. The maximum atomic E-state index is 12.9. The average molecular weight is 477 g/mol. The average Bonchev–Trinajstić information content (AvgIpc) is 3.48. The molecule has 3 N–H and O–H groups in total. The molecule has 0 saturated carbocycles. The number of hydrogen-bond acceptors (Lipinski definition) is 10. The number of nitrogens with one attached hydrogen (secondary N) is 3. The molecule has 1 unspecified atom stereocenters. The minimum absolute atomic E-state index is 0.0195. The zero-order chi connectivity index (χ0) is 23.7. The summed E-state index contributed by atoms with van der Waals surface area (Å²) in [6, 6.07) is 4.65. The molecule has 0 aliphatic carbocycles. The number of H-pyrrole nitrogens is 1. The van der Waals surface area contributed by atoms with E-state index in [4.69, 9.17) is 16.1 Å². The lowest BCUT2D eigenvalue weighted by molar-refractivity contribution is 0.0929. The van der Waals surface area contributed by atoms with Gasteiger partial charge in [0, 0.05) is 24.1 Å². The van der Waals surface area contributed by atoms with E-state index < -0.39 is 11.9 Å². The van der Waals surface area contributed by atoms with Crippen LogP contribution in [0.1, 0.15) is 35.0 Å². The third kappa shape index (κ3) is 4.26. The van der Waals surface area contributed by atoms with Crippen LogP contribution in [0.2, 0.25) is 5.02 Å². The number of nitrogens with zero attached hydrogens (tertiary/aromatic N) is 7. The number of carbonyl (C=O) groups is 1. The number of halogens is 1. The van der Waals surface area contributed by atoms with Crippen LogP contribution < -0.4 is 10.6 Å². The Balaban J connectivity index is 1.32. The van der Waals surface area contributed by atoms with Gasteiger partial charge in [0.2, 0.25) is 0 Å². The highest BCUT2D eigenvalue weighted by Gasteiger charge is 2.22. The molecule has 1 amide bonds. The van der Waals surface area contributed by atoms with Gasteiger partial charge in [-0.3, -0.25) is 9.78 Å². The number of carbonyl (C=O) groups excluding carboxylic acids is 1. The number of anilines is 2. The molecule has 0 bridgehead atoms. The maximum absolute atomic E-state index is 12.9. The van der Waals surface area contributed by atoms with Gasteiger partial charge in [-0.15, -0.1) is 0 Å². The van der Waals surface area contributed by atoms with Gasteiger partial charge in [0.15, 0.2) is 28.7 Å². The van der Waals surface area contributed by atoms with Crippen LogP contribution in [-0.4, -0.2) is 46.0 Å². The van der Waals surface area contributed by atoms with Crippen molar-refractivity contribution in [2.24, 2.45) is 0 Å². The summed E-state index contributed by atoms with van der Waals surface area (Å²) in [5.41, 5.74) is 2.42. The number of pyridine rings is 1. The SMILES string of the molecule is Cc1ncc2[nH]c(-c3cc(C(C)NC(=O)c4ncnc(Nc5ccncc5)c4Cl)on3)nc2n1. The number of aromatic amines is 1. The molecule has 13 heteroatoms. The van der Waals surface area contributed by atoms with Crippen molar-refractivity contribution in [2.45, 2.75) is 19.9 Å². The summed E-state index contributed by atoms with van der Waals surface area (Å²) in [4.78, 5) is 40.9. The van der Waals surface area contributed by atoms with Crippen LogP contribution in [0.3, 0.4) is 0 Å². The fourth-order valence-corrected chi connectivity index (χ4v) is 3.37. The van der Waals surface area contributed by atoms with Gasteiger partial charge in [-0.25, -0.2) is 24.9 Å². The molecule has 1 atom stereocenters. The maximum Gasteiger partial charge on any atom is 0.272 e. The second-order valence-corrected chi connectivity index (χ2v) is 7.67. The molecule has 34 heavy (non-hydrogen) atoms. The molecule has 5 rings (SSSR count). The number of aromatic nitrogens is 8. The second kappa shape index (κ2) is 8.83. The van der Waals surface area contributed by atoms with Gasteiger partial charge in [0.05, 0.1) is 12.2 Å². The van der Waals surface area contributed by atoms with E-state index in [1.807, 2.05) is 0 Å². The van der Waals surface area contributed by atoms with Crippen molar-refractivity contribution in [2.75, 3.05) is 5.32 Å². The van der Waals surface area contributed by atoms with Crippen LogP contribution in [0.15, 0.2) is 47.6 Å². The molecule has 5 aromatic rings. The van der Waals surface area contributed by atoms with Gasteiger partial charge < -0.3 is 20.1 Å². The first-order valence-electron chi connectivity index (χ1n) is 10.1. The number of aryl methyl sites for hydroxylation is 1. The molecule has 0 fully saturated rings. The van der Waals surface area contributed by atoms with Gasteiger partial charge in [0.25, 0.3) is 5.91 Å².